The van der Waals surface area contributed by atoms with Crippen LogP contribution in [0.4, 0.5) is 26.3 Å². The van der Waals surface area contributed by atoms with E-state index in [-0.39, 0.29) is 6.54 Å². The van der Waals surface area contributed by atoms with E-state index in [9.17, 15) is 31.1 Å². The van der Waals surface area contributed by atoms with E-state index in [0.29, 0.717) is 26.3 Å². The maximum absolute atomic E-state index is 12.3. The van der Waals surface area contributed by atoms with Crippen molar-refractivity contribution in [1.82, 2.24) is 4.90 Å². The van der Waals surface area contributed by atoms with Crippen molar-refractivity contribution in [1.29, 1.82) is 0 Å². The third-order valence-electron chi connectivity index (χ3n) is 3.11. The first-order valence-corrected chi connectivity index (χ1v) is 6.63. The first kappa shape index (κ1) is 19.0. The van der Waals surface area contributed by atoms with Crippen molar-refractivity contribution >= 4 is 5.97 Å². The first-order valence-electron chi connectivity index (χ1n) is 6.63. The van der Waals surface area contributed by atoms with Crippen LogP contribution in [0.3, 0.4) is 0 Å². The Kier molecular flexibility index (Phi) is 6.48. The summed E-state index contributed by atoms with van der Waals surface area (Å²) in [6, 6.07) is 0. The van der Waals surface area contributed by atoms with Gasteiger partial charge in [-0.25, -0.2) is 0 Å². The molecule has 0 aliphatic carbocycles. The lowest BCUT2D eigenvalue weighted by Crippen LogP contribution is -2.42. The average Bonchev–Trinajstić information content (AvgIpc) is 2.34. The minimum absolute atomic E-state index is 0.234. The van der Waals surface area contributed by atoms with E-state index < -0.39 is 36.8 Å². The first-order chi connectivity index (χ1) is 10.00. The van der Waals surface area contributed by atoms with Gasteiger partial charge in [-0.15, -0.1) is 0 Å². The van der Waals surface area contributed by atoms with Crippen molar-refractivity contribution in [2.24, 2.45) is 5.92 Å². The van der Waals surface area contributed by atoms with Gasteiger partial charge in [0.15, 0.2) is 5.92 Å². The molecule has 22 heavy (non-hydrogen) atoms. The molecule has 0 saturated carbocycles. The van der Waals surface area contributed by atoms with Gasteiger partial charge in [0.2, 0.25) is 0 Å². The number of alkyl halides is 6. The van der Waals surface area contributed by atoms with Crippen LogP contribution in [0.1, 0.15) is 13.3 Å². The Bertz CT molecular complexity index is 351. The van der Waals surface area contributed by atoms with Crippen LogP contribution < -0.4 is 0 Å². The summed E-state index contributed by atoms with van der Waals surface area (Å²) in [4.78, 5) is 13.2. The molecule has 0 aromatic rings. The van der Waals surface area contributed by atoms with Crippen LogP contribution in [0.15, 0.2) is 0 Å². The summed E-state index contributed by atoms with van der Waals surface area (Å²) in [5, 5.41) is 0. The van der Waals surface area contributed by atoms with Gasteiger partial charge in [-0.3, -0.25) is 9.69 Å². The molecule has 1 unspecified atom stereocenters. The van der Waals surface area contributed by atoms with Gasteiger partial charge >= 0.3 is 18.3 Å². The van der Waals surface area contributed by atoms with E-state index in [1.54, 1.807) is 0 Å². The number of rotatable bonds is 5. The van der Waals surface area contributed by atoms with E-state index in [1.807, 2.05) is 4.90 Å². The minimum atomic E-state index is -5.54. The molecule has 1 aliphatic rings. The number of carbonyl (C=O) groups is 1. The Labute approximate surface area is 123 Å². The number of esters is 1. The summed E-state index contributed by atoms with van der Waals surface area (Å²) in [7, 11) is 0. The third-order valence-corrected chi connectivity index (χ3v) is 3.11. The highest BCUT2D eigenvalue weighted by atomic mass is 19.4. The van der Waals surface area contributed by atoms with Crippen LogP contribution in [0.25, 0.3) is 0 Å². The normalized spacial score (nSPS) is 19.3. The van der Waals surface area contributed by atoms with E-state index in [4.69, 9.17) is 4.74 Å². The van der Waals surface area contributed by atoms with Crippen LogP contribution in [0.2, 0.25) is 0 Å². The maximum atomic E-state index is 12.3. The number of hydrogen-bond acceptors (Lipinski definition) is 4. The zero-order valence-electron chi connectivity index (χ0n) is 11.8. The molecule has 1 aliphatic heterocycles. The molecule has 0 radical (unpaired) electrons. The summed E-state index contributed by atoms with van der Waals surface area (Å²) >= 11 is 0. The van der Waals surface area contributed by atoms with Crippen molar-refractivity contribution < 1.29 is 40.6 Å². The Hall–Kier alpha value is -1.03. The molecule has 1 atom stereocenters. The topological polar surface area (TPSA) is 38.8 Å². The molecule has 4 nitrogen and oxygen atoms in total. The Morgan fingerprint density at radius 3 is 2.09 bits per heavy atom. The summed E-state index contributed by atoms with van der Waals surface area (Å²) in [5.74, 6) is -5.22. The number of ether oxygens (including phenoxy) is 2. The predicted octanol–water partition coefficient (Wildman–Crippen LogP) is 2.38. The number of halogens is 6. The number of morpholine rings is 1. The number of carbonyl (C=O) groups excluding carboxylic acids is 1. The second-order valence-corrected chi connectivity index (χ2v) is 5.05. The van der Waals surface area contributed by atoms with Crippen molar-refractivity contribution in [3.05, 3.63) is 0 Å². The van der Waals surface area contributed by atoms with Gasteiger partial charge in [0.1, 0.15) is 6.10 Å². The van der Waals surface area contributed by atoms with E-state index in [2.05, 4.69) is 4.74 Å². The maximum Gasteiger partial charge on any atom is 0.401 e. The molecule has 0 aromatic carbocycles. The van der Waals surface area contributed by atoms with Gasteiger partial charge in [0.05, 0.1) is 19.6 Å². The Morgan fingerprint density at radius 1 is 1.14 bits per heavy atom. The number of nitrogens with zero attached hydrogens (tertiary/aromatic N) is 1. The fourth-order valence-corrected chi connectivity index (χ4v) is 2.04. The lowest BCUT2D eigenvalue weighted by atomic mass is 10.0. The summed E-state index contributed by atoms with van der Waals surface area (Å²) in [6.07, 6.45) is -13.6. The van der Waals surface area contributed by atoms with Crippen LogP contribution in [-0.4, -0.2) is 62.2 Å². The molecule has 0 amide bonds. The molecular weight excluding hydrogens is 320 g/mol. The zero-order valence-corrected chi connectivity index (χ0v) is 11.8. The van der Waals surface area contributed by atoms with Gasteiger partial charge in [-0.05, 0) is 6.92 Å². The van der Waals surface area contributed by atoms with Crippen LogP contribution >= 0.6 is 0 Å². The molecule has 0 N–H and O–H groups in total. The zero-order chi connectivity index (χ0) is 17.0. The van der Waals surface area contributed by atoms with Crippen LogP contribution in [-0.2, 0) is 14.3 Å². The predicted molar refractivity (Wildman–Crippen MR) is 63.0 cm³/mol. The monoisotopic (exact) mass is 337 g/mol. The highest BCUT2D eigenvalue weighted by Gasteiger charge is 2.57. The molecule has 1 fully saturated rings. The quantitative estimate of drug-likeness (QED) is 0.570. The van der Waals surface area contributed by atoms with Crippen LogP contribution in [0.5, 0.6) is 0 Å². The van der Waals surface area contributed by atoms with Gasteiger partial charge in [-0.1, -0.05) is 0 Å². The molecule has 1 heterocycles. The summed E-state index contributed by atoms with van der Waals surface area (Å²) in [6.45, 7) is 3.74. The number of hydrogen-bond donors (Lipinski definition) is 0. The summed E-state index contributed by atoms with van der Waals surface area (Å²) in [5.41, 5.74) is 0. The van der Waals surface area contributed by atoms with E-state index in [0.717, 1.165) is 0 Å². The second kappa shape index (κ2) is 7.49. The smallest absolute Gasteiger partial charge is 0.401 e. The van der Waals surface area contributed by atoms with Gasteiger partial charge in [0.25, 0.3) is 0 Å². The lowest BCUT2D eigenvalue weighted by Gasteiger charge is -2.29. The van der Waals surface area contributed by atoms with Crippen molar-refractivity contribution in [3.63, 3.8) is 0 Å². The van der Waals surface area contributed by atoms with Crippen molar-refractivity contribution in [2.75, 3.05) is 32.8 Å². The molecule has 0 bridgehead atoms. The fraction of sp³-hybridized carbons (Fsp3) is 0.917. The van der Waals surface area contributed by atoms with E-state index in [1.165, 1.54) is 6.92 Å². The van der Waals surface area contributed by atoms with Gasteiger partial charge in [0, 0.05) is 19.6 Å². The van der Waals surface area contributed by atoms with Gasteiger partial charge < -0.3 is 9.47 Å². The van der Waals surface area contributed by atoms with Gasteiger partial charge in [-0.2, -0.15) is 26.3 Å². The molecule has 0 aromatic heterocycles. The Balaban J connectivity index is 2.49. The SMILES string of the molecule is CC(CN1CCOCC1)OC(=O)CC(C(F)(F)F)C(F)(F)F. The molecule has 0 spiro atoms. The molecule has 1 saturated heterocycles. The largest absolute Gasteiger partial charge is 0.461 e. The minimum Gasteiger partial charge on any atom is -0.461 e. The fourth-order valence-electron chi connectivity index (χ4n) is 2.04. The molecular formula is C12H17F6NO3. The molecule has 130 valence electrons. The highest BCUT2D eigenvalue weighted by molar-refractivity contribution is 5.70. The molecule has 1 rings (SSSR count). The second-order valence-electron chi connectivity index (χ2n) is 5.05. The highest BCUT2D eigenvalue weighted by Crippen LogP contribution is 2.41. The van der Waals surface area contributed by atoms with E-state index >= 15 is 0 Å². The third kappa shape index (κ3) is 6.39. The summed E-state index contributed by atoms with van der Waals surface area (Å²) < 4.78 is 83.8. The Morgan fingerprint density at radius 2 is 1.64 bits per heavy atom. The average molecular weight is 337 g/mol. The lowest BCUT2D eigenvalue weighted by molar-refractivity contribution is -0.286. The van der Waals surface area contributed by atoms with Crippen molar-refractivity contribution in [2.45, 2.75) is 31.8 Å². The standard InChI is InChI=1S/C12H17F6NO3/c1-8(7-19-2-4-21-5-3-19)22-10(20)6-9(11(13,14)15)12(16,17)18/h8-9H,2-7H2,1H3. The molecule has 10 heteroatoms. The van der Waals surface area contributed by atoms with Crippen LogP contribution in [0, 0.1) is 5.92 Å². The van der Waals surface area contributed by atoms with Crippen molar-refractivity contribution in [3.8, 4) is 0 Å².